The van der Waals surface area contributed by atoms with Crippen molar-refractivity contribution in [3.63, 3.8) is 0 Å². The lowest BCUT2D eigenvalue weighted by molar-refractivity contribution is -0.00860. The Labute approximate surface area is 247 Å². The molecule has 42 heavy (non-hydrogen) atoms. The molecule has 0 saturated carbocycles. The van der Waals surface area contributed by atoms with Crippen LogP contribution in [0, 0.1) is 5.92 Å². The molecule has 2 saturated heterocycles. The average Bonchev–Trinajstić information content (AvgIpc) is 2.90. The summed E-state index contributed by atoms with van der Waals surface area (Å²) in [5.41, 5.74) is 0.522. The minimum atomic E-state index is -3.09. The zero-order valence-electron chi connectivity index (χ0n) is 25.1. The highest BCUT2D eigenvalue weighted by atomic mass is 32.2. The van der Waals surface area contributed by atoms with E-state index in [2.05, 4.69) is 46.2 Å². The molecule has 0 aliphatic carbocycles. The Bertz CT molecular complexity index is 1530. The molecule has 2 aliphatic rings. The second kappa shape index (κ2) is 11.9. The number of rotatable bonds is 10. The standard InChI is InChI=1S/C30H42FN7O3S/c1-20(2)22-6-7-25(38-16-21(17-38)18-42(40,41)13-12-36(4)5)24-15-33-28(14-23(22)24)34-27-8-10-32-29(35-27)37-11-9-26(39)30(3,31)19-37/h6-8,10,14-15,20-21,26,39H,9,11-13,16-19H2,1-5H3,(H,32,33,34,35)/t26-,30+/m1/s1. The Morgan fingerprint density at radius 1 is 1.14 bits per heavy atom. The fraction of sp³-hybridized carbons (Fsp3) is 0.567. The van der Waals surface area contributed by atoms with Gasteiger partial charge in [-0.05, 0) is 62.5 Å². The maximum atomic E-state index is 14.8. The van der Waals surface area contributed by atoms with E-state index in [0.717, 1.165) is 16.5 Å². The Balaban J connectivity index is 1.33. The molecular weight excluding hydrogens is 557 g/mol. The number of hydrogen-bond donors (Lipinski definition) is 2. The molecule has 3 aromatic rings. The van der Waals surface area contributed by atoms with Crippen LogP contribution in [0.3, 0.4) is 0 Å². The van der Waals surface area contributed by atoms with Gasteiger partial charge in [0.15, 0.2) is 15.5 Å². The Morgan fingerprint density at radius 2 is 1.90 bits per heavy atom. The summed E-state index contributed by atoms with van der Waals surface area (Å²) in [6.07, 6.45) is 2.80. The number of hydrogen-bond acceptors (Lipinski definition) is 10. The first kappa shape index (κ1) is 30.4. The number of sulfone groups is 1. The van der Waals surface area contributed by atoms with Crippen LogP contribution >= 0.6 is 0 Å². The van der Waals surface area contributed by atoms with Crippen LogP contribution in [0.5, 0.6) is 0 Å². The van der Waals surface area contributed by atoms with Gasteiger partial charge in [0.05, 0.1) is 24.2 Å². The molecule has 2 aliphatic heterocycles. The number of alkyl halides is 1. The Morgan fingerprint density at radius 3 is 2.60 bits per heavy atom. The molecule has 4 heterocycles. The molecule has 0 radical (unpaired) electrons. The quantitative estimate of drug-likeness (QED) is 0.358. The van der Waals surface area contributed by atoms with Crippen LogP contribution in [0.4, 0.5) is 27.7 Å². The average molecular weight is 600 g/mol. The molecule has 228 valence electrons. The molecule has 2 N–H and O–H groups in total. The number of aliphatic hydroxyl groups excluding tert-OH is 1. The second-order valence-electron chi connectivity index (χ2n) is 12.5. The monoisotopic (exact) mass is 599 g/mol. The van der Waals surface area contributed by atoms with Crippen molar-refractivity contribution in [1.29, 1.82) is 0 Å². The summed E-state index contributed by atoms with van der Waals surface area (Å²) in [4.78, 5) is 19.5. The molecule has 5 rings (SSSR count). The number of halogens is 1. The van der Waals surface area contributed by atoms with Crippen LogP contribution in [0.15, 0.2) is 36.7 Å². The Kier molecular flexibility index (Phi) is 8.60. The number of benzene rings is 1. The molecule has 2 aromatic heterocycles. The lowest BCUT2D eigenvalue weighted by Crippen LogP contribution is -2.52. The number of aromatic nitrogens is 3. The molecular formula is C30H42FN7O3S. The minimum absolute atomic E-state index is 0.0196. The predicted octanol–water partition coefficient (Wildman–Crippen LogP) is 3.60. The summed E-state index contributed by atoms with van der Waals surface area (Å²) >= 11 is 0. The topological polar surface area (TPSA) is 115 Å². The van der Waals surface area contributed by atoms with Gasteiger partial charge in [-0.15, -0.1) is 0 Å². The summed E-state index contributed by atoms with van der Waals surface area (Å²) < 4.78 is 39.9. The van der Waals surface area contributed by atoms with Gasteiger partial charge < -0.3 is 25.1 Å². The van der Waals surface area contributed by atoms with Crippen LogP contribution in [-0.2, 0) is 9.84 Å². The summed E-state index contributed by atoms with van der Waals surface area (Å²) in [5.74, 6) is 2.39. The largest absolute Gasteiger partial charge is 0.390 e. The van der Waals surface area contributed by atoms with Crippen LogP contribution in [0.2, 0.25) is 0 Å². The summed E-state index contributed by atoms with van der Waals surface area (Å²) in [5, 5.41) is 15.4. The van der Waals surface area contributed by atoms with E-state index in [-0.39, 0.29) is 29.9 Å². The van der Waals surface area contributed by atoms with Crippen molar-refractivity contribution in [1.82, 2.24) is 19.9 Å². The molecule has 0 bridgehead atoms. The van der Waals surface area contributed by atoms with Gasteiger partial charge in [0.1, 0.15) is 11.6 Å². The highest BCUT2D eigenvalue weighted by Crippen LogP contribution is 2.37. The first-order valence-electron chi connectivity index (χ1n) is 14.6. The molecule has 2 atom stereocenters. The van der Waals surface area contributed by atoms with Crippen molar-refractivity contribution in [2.75, 3.05) is 73.4 Å². The van der Waals surface area contributed by atoms with Gasteiger partial charge >= 0.3 is 0 Å². The maximum Gasteiger partial charge on any atom is 0.227 e. The van der Waals surface area contributed by atoms with E-state index in [4.69, 9.17) is 4.98 Å². The number of fused-ring (bicyclic) bond motifs is 1. The number of aliphatic hydroxyl groups is 1. The fourth-order valence-electron chi connectivity index (χ4n) is 5.74. The van der Waals surface area contributed by atoms with Crippen molar-refractivity contribution in [2.45, 2.75) is 44.9 Å². The van der Waals surface area contributed by atoms with Crippen LogP contribution in [0.25, 0.3) is 10.8 Å². The third-order valence-corrected chi connectivity index (χ3v) is 10.0. The van der Waals surface area contributed by atoms with Crippen LogP contribution in [-0.4, -0.2) is 103 Å². The molecule has 0 unspecified atom stereocenters. The zero-order valence-corrected chi connectivity index (χ0v) is 25.9. The second-order valence-corrected chi connectivity index (χ2v) is 14.7. The third kappa shape index (κ3) is 6.76. The third-order valence-electron chi connectivity index (χ3n) is 8.22. The zero-order chi connectivity index (χ0) is 30.2. The van der Waals surface area contributed by atoms with Crippen molar-refractivity contribution < 1.29 is 17.9 Å². The fourth-order valence-corrected chi connectivity index (χ4v) is 7.48. The first-order chi connectivity index (χ1) is 19.8. The van der Waals surface area contributed by atoms with E-state index in [0.29, 0.717) is 50.2 Å². The molecule has 0 spiro atoms. The van der Waals surface area contributed by atoms with Crippen molar-refractivity contribution in [3.8, 4) is 0 Å². The van der Waals surface area contributed by atoms with E-state index in [9.17, 15) is 17.9 Å². The van der Waals surface area contributed by atoms with Crippen LogP contribution < -0.4 is 15.1 Å². The molecule has 2 fully saturated rings. The highest BCUT2D eigenvalue weighted by Gasteiger charge is 2.40. The number of piperidine rings is 1. The number of nitrogens with zero attached hydrogens (tertiary/aromatic N) is 6. The predicted molar refractivity (Wildman–Crippen MR) is 166 cm³/mol. The van der Waals surface area contributed by atoms with Gasteiger partial charge in [-0.25, -0.2) is 22.8 Å². The SMILES string of the molecule is CC(C)c1ccc(N2CC(CS(=O)(=O)CCN(C)C)C2)c2cnc(Nc3ccnc(N4CC[C@@H](O)[C@@](C)(F)C4)n3)cc12. The van der Waals surface area contributed by atoms with E-state index in [1.54, 1.807) is 17.2 Å². The maximum absolute atomic E-state index is 14.8. The van der Waals surface area contributed by atoms with Gasteiger partial charge in [0.2, 0.25) is 5.95 Å². The highest BCUT2D eigenvalue weighted by molar-refractivity contribution is 7.91. The molecule has 12 heteroatoms. The van der Waals surface area contributed by atoms with Gasteiger partial charge in [-0.3, -0.25) is 0 Å². The summed E-state index contributed by atoms with van der Waals surface area (Å²) in [6, 6.07) is 8.03. The van der Waals surface area contributed by atoms with Gasteiger partial charge in [0, 0.05) is 55.6 Å². The van der Waals surface area contributed by atoms with E-state index < -0.39 is 21.6 Å². The first-order valence-corrected chi connectivity index (χ1v) is 16.4. The number of anilines is 4. The molecule has 10 nitrogen and oxygen atoms in total. The smallest absolute Gasteiger partial charge is 0.227 e. The number of pyridine rings is 1. The van der Waals surface area contributed by atoms with Crippen molar-refractivity contribution in [2.24, 2.45) is 5.92 Å². The van der Waals surface area contributed by atoms with Crippen LogP contribution in [0.1, 0.15) is 38.7 Å². The number of nitrogens with one attached hydrogen (secondary N) is 1. The van der Waals surface area contributed by atoms with E-state index >= 15 is 0 Å². The Hall–Kier alpha value is -3.09. The minimum Gasteiger partial charge on any atom is -0.390 e. The van der Waals surface area contributed by atoms with Crippen molar-refractivity contribution >= 4 is 43.9 Å². The van der Waals surface area contributed by atoms with Crippen molar-refractivity contribution in [3.05, 3.63) is 42.2 Å². The lowest BCUT2D eigenvalue weighted by Gasteiger charge is -2.41. The molecule has 1 aromatic carbocycles. The van der Waals surface area contributed by atoms with Gasteiger partial charge in [-0.2, -0.15) is 4.98 Å². The van der Waals surface area contributed by atoms with E-state index in [1.165, 1.54) is 12.5 Å². The summed E-state index contributed by atoms with van der Waals surface area (Å²) in [7, 11) is 0.682. The summed E-state index contributed by atoms with van der Waals surface area (Å²) in [6.45, 7) is 8.15. The van der Waals surface area contributed by atoms with Gasteiger partial charge in [0.25, 0.3) is 0 Å². The normalized spacial score (nSPS) is 21.8. The molecule has 0 amide bonds. The van der Waals surface area contributed by atoms with E-state index in [1.807, 2.05) is 31.3 Å². The van der Waals surface area contributed by atoms with Gasteiger partial charge in [-0.1, -0.05) is 19.9 Å². The lowest BCUT2D eigenvalue weighted by atomic mass is 9.93.